The van der Waals surface area contributed by atoms with Crippen LogP contribution in [0.3, 0.4) is 0 Å². The smallest absolute Gasteiger partial charge is 0.313 e. The summed E-state index contributed by atoms with van der Waals surface area (Å²) in [7, 11) is 0. The molecular weight excluding hydrogens is 271 g/mol. The molecule has 0 heterocycles. The average molecular weight is 286 g/mol. The molecule has 2 aromatic carbocycles. The van der Waals surface area contributed by atoms with Crippen molar-refractivity contribution in [1.82, 2.24) is 5.32 Å². The van der Waals surface area contributed by atoms with Gasteiger partial charge < -0.3 is 10.6 Å². The number of anilines is 1. The van der Waals surface area contributed by atoms with Crippen LogP contribution >= 0.6 is 0 Å². The Hall–Kier alpha value is -2.69. The maximum Gasteiger partial charge on any atom is 0.313 e. The number of benzene rings is 2. The molecule has 2 aromatic rings. The second-order valence-electron chi connectivity index (χ2n) is 4.64. The SMILES string of the molecule is Cc1cccc(CNC(=O)C(=O)Nc2cccc(F)c2)c1. The molecule has 0 aliphatic rings. The molecule has 0 radical (unpaired) electrons. The van der Waals surface area contributed by atoms with Crippen LogP contribution in [0.4, 0.5) is 10.1 Å². The number of hydrogen-bond donors (Lipinski definition) is 2. The van der Waals surface area contributed by atoms with Gasteiger partial charge in [0.25, 0.3) is 0 Å². The van der Waals surface area contributed by atoms with Gasteiger partial charge in [0.1, 0.15) is 5.82 Å². The lowest BCUT2D eigenvalue weighted by molar-refractivity contribution is -0.136. The topological polar surface area (TPSA) is 58.2 Å². The molecule has 2 amide bonds. The first-order valence-electron chi connectivity index (χ1n) is 6.45. The number of carbonyl (C=O) groups is 2. The van der Waals surface area contributed by atoms with Crippen molar-refractivity contribution in [3.05, 3.63) is 65.5 Å². The van der Waals surface area contributed by atoms with Crippen LogP contribution in [0.2, 0.25) is 0 Å². The molecule has 0 fully saturated rings. The molecule has 0 atom stereocenters. The highest BCUT2D eigenvalue weighted by atomic mass is 19.1. The van der Waals surface area contributed by atoms with Crippen molar-refractivity contribution in [1.29, 1.82) is 0 Å². The lowest BCUT2D eigenvalue weighted by Crippen LogP contribution is -2.34. The number of aryl methyl sites for hydroxylation is 1. The van der Waals surface area contributed by atoms with Gasteiger partial charge in [0.05, 0.1) is 0 Å². The fraction of sp³-hybridized carbons (Fsp3) is 0.125. The summed E-state index contributed by atoms with van der Waals surface area (Å²) in [6.45, 7) is 2.21. The highest BCUT2D eigenvalue weighted by molar-refractivity contribution is 6.39. The Bertz CT molecular complexity index is 671. The molecule has 21 heavy (non-hydrogen) atoms. The van der Waals surface area contributed by atoms with Crippen LogP contribution in [0.1, 0.15) is 11.1 Å². The van der Waals surface area contributed by atoms with Crippen molar-refractivity contribution < 1.29 is 14.0 Å². The highest BCUT2D eigenvalue weighted by Crippen LogP contribution is 2.08. The summed E-state index contributed by atoms with van der Waals surface area (Å²) in [5, 5.41) is 4.86. The van der Waals surface area contributed by atoms with Gasteiger partial charge in [-0.3, -0.25) is 9.59 Å². The monoisotopic (exact) mass is 286 g/mol. The summed E-state index contributed by atoms with van der Waals surface area (Å²) >= 11 is 0. The molecule has 0 aliphatic carbocycles. The number of halogens is 1. The largest absolute Gasteiger partial charge is 0.344 e. The molecule has 5 heteroatoms. The number of amides is 2. The Morgan fingerprint density at radius 1 is 1.05 bits per heavy atom. The summed E-state index contributed by atoms with van der Waals surface area (Å²) < 4.78 is 13.0. The first-order valence-corrected chi connectivity index (χ1v) is 6.45. The third-order valence-electron chi connectivity index (χ3n) is 2.82. The minimum atomic E-state index is -0.826. The number of rotatable bonds is 3. The molecule has 4 nitrogen and oxygen atoms in total. The van der Waals surface area contributed by atoms with Crippen molar-refractivity contribution in [2.24, 2.45) is 0 Å². The van der Waals surface area contributed by atoms with E-state index in [0.29, 0.717) is 0 Å². The summed E-state index contributed by atoms with van der Waals surface area (Å²) in [5.74, 6) is -2.07. The van der Waals surface area contributed by atoms with Gasteiger partial charge in [-0.2, -0.15) is 0 Å². The van der Waals surface area contributed by atoms with Gasteiger partial charge in [-0.1, -0.05) is 35.9 Å². The van der Waals surface area contributed by atoms with Crippen LogP contribution in [0.15, 0.2) is 48.5 Å². The van der Waals surface area contributed by atoms with E-state index in [-0.39, 0.29) is 12.2 Å². The van der Waals surface area contributed by atoms with E-state index < -0.39 is 17.6 Å². The van der Waals surface area contributed by atoms with Gasteiger partial charge in [-0.25, -0.2) is 4.39 Å². The van der Waals surface area contributed by atoms with Crippen LogP contribution in [-0.4, -0.2) is 11.8 Å². The van der Waals surface area contributed by atoms with Crippen molar-refractivity contribution in [2.45, 2.75) is 13.5 Å². The molecule has 108 valence electrons. The summed E-state index contributed by atoms with van der Waals surface area (Å²) in [5.41, 5.74) is 2.22. The van der Waals surface area contributed by atoms with Crippen LogP contribution in [-0.2, 0) is 16.1 Å². The molecule has 0 saturated heterocycles. The second-order valence-corrected chi connectivity index (χ2v) is 4.64. The Morgan fingerprint density at radius 3 is 2.52 bits per heavy atom. The number of hydrogen-bond acceptors (Lipinski definition) is 2. The zero-order valence-electron chi connectivity index (χ0n) is 11.5. The van der Waals surface area contributed by atoms with E-state index in [1.54, 1.807) is 0 Å². The third-order valence-corrected chi connectivity index (χ3v) is 2.82. The normalized spacial score (nSPS) is 10.0. The molecule has 0 spiro atoms. The minimum absolute atomic E-state index is 0.241. The molecule has 0 aromatic heterocycles. The van der Waals surface area contributed by atoms with Gasteiger partial charge >= 0.3 is 11.8 Å². The molecular formula is C16H15FN2O2. The Labute approximate surface area is 122 Å². The summed E-state index contributed by atoms with van der Waals surface area (Å²) in [6, 6.07) is 13.0. The van der Waals surface area contributed by atoms with E-state index >= 15 is 0 Å². The zero-order chi connectivity index (χ0) is 15.2. The first-order chi connectivity index (χ1) is 10.0. The summed E-state index contributed by atoms with van der Waals surface area (Å²) in [6.07, 6.45) is 0. The third kappa shape index (κ3) is 4.42. The van der Waals surface area contributed by atoms with Gasteiger partial charge in [0.15, 0.2) is 0 Å². The number of nitrogens with one attached hydrogen (secondary N) is 2. The van der Waals surface area contributed by atoms with E-state index in [0.717, 1.165) is 17.2 Å². The lowest BCUT2D eigenvalue weighted by atomic mass is 10.1. The maximum atomic E-state index is 13.0. The second kappa shape index (κ2) is 6.65. The highest BCUT2D eigenvalue weighted by Gasteiger charge is 2.13. The first kappa shape index (κ1) is 14.7. The van der Waals surface area contributed by atoms with Crippen molar-refractivity contribution in [3.8, 4) is 0 Å². The van der Waals surface area contributed by atoms with Gasteiger partial charge in [-0.15, -0.1) is 0 Å². The maximum absolute atomic E-state index is 13.0. The number of carbonyl (C=O) groups excluding carboxylic acids is 2. The van der Waals surface area contributed by atoms with Crippen molar-refractivity contribution in [3.63, 3.8) is 0 Å². The predicted molar refractivity (Wildman–Crippen MR) is 78.1 cm³/mol. The Morgan fingerprint density at radius 2 is 1.81 bits per heavy atom. The van der Waals surface area contributed by atoms with Crippen molar-refractivity contribution >= 4 is 17.5 Å². The standard InChI is InChI=1S/C16H15FN2O2/c1-11-4-2-5-12(8-11)10-18-15(20)16(21)19-14-7-3-6-13(17)9-14/h2-9H,10H2,1H3,(H,18,20)(H,19,21). The average Bonchev–Trinajstić information content (AvgIpc) is 2.45. The zero-order valence-corrected chi connectivity index (χ0v) is 11.5. The quantitative estimate of drug-likeness (QED) is 0.851. The molecule has 0 aliphatic heterocycles. The van der Waals surface area contributed by atoms with Gasteiger partial charge in [0, 0.05) is 12.2 Å². The van der Waals surface area contributed by atoms with Crippen LogP contribution < -0.4 is 10.6 Å². The summed E-state index contributed by atoms with van der Waals surface area (Å²) in [4.78, 5) is 23.3. The van der Waals surface area contributed by atoms with Crippen LogP contribution in [0, 0.1) is 12.7 Å². The van der Waals surface area contributed by atoms with Crippen LogP contribution in [0.5, 0.6) is 0 Å². The van der Waals surface area contributed by atoms with Crippen LogP contribution in [0.25, 0.3) is 0 Å². The molecule has 0 unspecified atom stereocenters. The fourth-order valence-electron chi connectivity index (χ4n) is 1.84. The van der Waals surface area contributed by atoms with E-state index in [1.165, 1.54) is 18.2 Å². The van der Waals surface area contributed by atoms with Crippen molar-refractivity contribution in [2.75, 3.05) is 5.32 Å². The van der Waals surface area contributed by atoms with E-state index in [4.69, 9.17) is 0 Å². The molecule has 2 N–H and O–H groups in total. The van der Waals surface area contributed by atoms with Gasteiger partial charge in [-0.05, 0) is 30.7 Å². The van der Waals surface area contributed by atoms with Gasteiger partial charge in [0.2, 0.25) is 0 Å². The Balaban J connectivity index is 1.89. The minimum Gasteiger partial charge on any atom is -0.344 e. The van der Waals surface area contributed by atoms with E-state index in [1.807, 2.05) is 31.2 Å². The molecule has 0 saturated carbocycles. The van der Waals surface area contributed by atoms with E-state index in [2.05, 4.69) is 10.6 Å². The molecule has 2 rings (SSSR count). The predicted octanol–water partition coefficient (Wildman–Crippen LogP) is 2.39. The molecule has 0 bridgehead atoms. The fourth-order valence-corrected chi connectivity index (χ4v) is 1.84. The lowest BCUT2D eigenvalue weighted by Gasteiger charge is -2.07. The Kier molecular flexibility index (Phi) is 4.66. The van der Waals surface area contributed by atoms with E-state index in [9.17, 15) is 14.0 Å².